The number of anilines is 1. The zero-order valence-corrected chi connectivity index (χ0v) is 11.8. The Balaban J connectivity index is 1.80. The number of nitrogens with one attached hydrogen (secondary N) is 1. The van der Waals surface area contributed by atoms with Crippen LogP contribution in [-0.4, -0.2) is 24.4 Å². The number of aliphatic hydroxyl groups excluding tert-OH is 1. The molecular formula is C15H14ClF2NO2. The molecule has 3 nitrogen and oxygen atoms in total. The fourth-order valence-electron chi connectivity index (χ4n) is 1.65. The summed E-state index contributed by atoms with van der Waals surface area (Å²) in [5.41, 5.74) is 0.211. The van der Waals surface area contributed by atoms with Crippen LogP contribution in [0, 0.1) is 11.6 Å². The van der Waals surface area contributed by atoms with E-state index in [2.05, 4.69) is 5.32 Å². The van der Waals surface area contributed by atoms with Gasteiger partial charge in [0.05, 0.1) is 10.7 Å². The van der Waals surface area contributed by atoms with Crippen LogP contribution in [0.5, 0.6) is 5.75 Å². The number of hydrogen-bond donors (Lipinski definition) is 2. The van der Waals surface area contributed by atoms with Crippen molar-refractivity contribution in [2.75, 3.05) is 18.5 Å². The predicted molar refractivity (Wildman–Crippen MR) is 77.8 cm³/mol. The van der Waals surface area contributed by atoms with Crippen molar-refractivity contribution in [2.45, 2.75) is 6.10 Å². The first-order valence-corrected chi connectivity index (χ1v) is 6.68. The summed E-state index contributed by atoms with van der Waals surface area (Å²) < 4.78 is 31.6. The first kappa shape index (κ1) is 15.5. The summed E-state index contributed by atoms with van der Waals surface area (Å²) in [5.74, 6) is -0.476. The molecule has 1 atom stereocenters. The van der Waals surface area contributed by atoms with Crippen LogP contribution >= 0.6 is 11.6 Å². The molecule has 0 fully saturated rings. The summed E-state index contributed by atoms with van der Waals surface area (Å²) in [6, 6.07) is 10.0. The van der Waals surface area contributed by atoms with E-state index in [4.69, 9.17) is 16.3 Å². The number of ether oxygens (including phenoxy) is 1. The molecule has 0 aliphatic heterocycles. The molecule has 0 aliphatic carbocycles. The van der Waals surface area contributed by atoms with E-state index in [9.17, 15) is 13.9 Å². The second-order valence-corrected chi connectivity index (χ2v) is 4.81. The highest BCUT2D eigenvalue weighted by molar-refractivity contribution is 6.31. The average molecular weight is 314 g/mol. The maximum absolute atomic E-state index is 13.6. The molecule has 2 rings (SSSR count). The smallest absolute Gasteiger partial charge is 0.164 e. The van der Waals surface area contributed by atoms with Crippen molar-refractivity contribution >= 4 is 17.3 Å². The minimum atomic E-state index is -0.853. The molecule has 0 aliphatic rings. The standard InChI is InChI=1S/C15H14ClF2NO2/c16-13-2-1-3-14(15(13)18)19-8-11(20)9-21-12-6-4-10(17)5-7-12/h1-7,11,19-20H,8-9H2. The molecule has 2 N–H and O–H groups in total. The Morgan fingerprint density at radius 3 is 2.57 bits per heavy atom. The average Bonchev–Trinajstić information content (AvgIpc) is 2.48. The lowest BCUT2D eigenvalue weighted by Crippen LogP contribution is -2.26. The topological polar surface area (TPSA) is 41.5 Å². The van der Waals surface area contributed by atoms with Gasteiger partial charge < -0.3 is 15.2 Å². The van der Waals surface area contributed by atoms with Crippen molar-refractivity contribution < 1.29 is 18.6 Å². The van der Waals surface area contributed by atoms with Gasteiger partial charge in [-0.1, -0.05) is 17.7 Å². The first-order chi connectivity index (χ1) is 10.1. The quantitative estimate of drug-likeness (QED) is 0.858. The van der Waals surface area contributed by atoms with Crippen LogP contribution in [-0.2, 0) is 0 Å². The van der Waals surface area contributed by atoms with Crippen molar-refractivity contribution in [1.29, 1.82) is 0 Å². The fraction of sp³-hybridized carbons (Fsp3) is 0.200. The van der Waals surface area contributed by atoms with Crippen LogP contribution in [0.25, 0.3) is 0 Å². The molecule has 0 saturated carbocycles. The highest BCUT2D eigenvalue weighted by Crippen LogP contribution is 2.21. The second kappa shape index (κ2) is 7.24. The number of aliphatic hydroxyl groups is 1. The van der Waals surface area contributed by atoms with Gasteiger partial charge in [-0.15, -0.1) is 0 Å². The van der Waals surface area contributed by atoms with E-state index in [-0.39, 0.29) is 29.7 Å². The molecule has 112 valence electrons. The Hall–Kier alpha value is -1.85. The van der Waals surface area contributed by atoms with Crippen LogP contribution in [0.15, 0.2) is 42.5 Å². The Morgan fingerprint density at radius 1 is 1.14 bits per heavy atom. The van der Waals surface area contributed by atoms with Crippen molar-refractivity contribution in [3.05, 3.63) is 59.1 Å². The normalized spacial score (nSPS) is 12.0. The number of halogens is 3. The monoisotopic (exact) mass is 313 g/mol. The molecule has 0 heterocycles. The predicted octanol–water partition coefficient (Wildman–Crippen LogP) is 3.47. The molecule has 0 bridgehead atoms. The molecule has 0 saturated heterocycles. The minimum Gasteiger partial charge on any atom is -0.491 e. The highest BCUT2D eigenvalue weighted by Gasteiger charge is 2.09. The van der Waals surface area contributed by atoms with Crippen LogP contribution in [0.1, 0.15) is 0 Å². The summed E-state index contributed by atoms with van der Waals surface area (Å²) >= 11 is 5.65. The lowest BCUT2D eigenvalue weighted by atomic mass is 10.3. The molecule has 2 aromatic carbocycles. The lowest BCUT2D eigenvalue weighted by molar-refractivity contribution is 0.117. The van der Waals surface area contributed by atoms with E-state index in [1.54, 1.807) is 6.07 Å². The third-order valence-electron chi connectivity index (χ3n) is 2.74. The van der Waals surface area contributed by atoms with Crippen molar-refractivity contribution in [3.63, 3.8) is 0 Å². The maximum atomic E-state index is 13.6. The molecule has 0 amide bonds. The van der Waals surface area contributed by atoms with Gasteiger partial charge in [-0.3, -0.25) is 0 Å². The molecule has 2 aromatic rings. The molecule has 6 heteroatoms. The van der Waals surface area contributed by atoms with E-state index >= 15 is 0 Å². The van der Waals surface area contributed by atoms with Gasteiger partial charge in [-0.2, -0.15) is 0 Å². The van der Waals surface area contributed by atoms with Gasteiger partial charge in [-0.05, 0) is 36.4 Å². The first-order valence-electron chi connectivity index (χ1n) is 6.30. The van der Waals surface area contributed by atoms with Crippen molar-refractivity contribution in [2.24, 2.45) is 0 Å². The zero-order valence-electron chi connectivity index (χ0n) is 11.0. The molecule has 0 spiro atoms. The highest BCUT2D eigenvalue weighted by atomic mass is 35.5. The van der Waals surface area contributed by atoms with Crippen LogP contribution in [0.4, 0.5) is 14.5 Å². The molecule has 0 aromatic heterocycles. The van der Waals surface area contributed by atoms with Gasteiger partial charge in [0, 0.05) is 6.54 Å². The van der Waals surface area contributed by atoms with E-state index in [1.807, 2.05) is 0 Å². The minimum absolute atomic E-state index is 0.000811. The summed E-state index contributed by atoms with van der Waals surface area (Å²) in [6.45, 7) is 0.0965. The third-order valence-corrected chi connectivity index (χ3v) is 3.03. The summed E-state index contributed by atoms with van der Waals surface area (Å²) in [6.07, 6.45) is -0.853. The van der Waals surface area contributed by atoms with E-state index < -0.39 is 11.9 Å². The Morgan fingerprint density at radius 2 is 1.86 bits per heavy atom. The lowest BCUT2D eigenvalue weighted by Gasteiger charge is -2.14. The molecular weight excluding hydrogens is 300 g/mol. The summed E-state index contributed by atoms with van der Waals surface area (Å²) in [5, 5.41) is 12.5. The van der Waals surface area contributed by atoms with E-state index in [0.717, 1.165) is 0 Å². The van der Waals surface area contributed by atoms with Gasteiger partial charge in [0.1, 0.15) is 24.3 Å². The molecule has 1 unspecified atom stereocenters. The Kier molecular flexibility index (Phi) is 5.36. The number of hydrogen-bond acceptors (Lipinski definition) is 3. The van der Waals surface area contributed by atoms with Gasteiger partial charge in [0.15, 0.2) is 5.82 Å². The summed E-state index contributed by atoms with van der Waals surface area (Å²) in [7, 11) is 0. The SMILES string of the molecule is OC(CNc1cccc(Cl)c1F)COc1ccc(F)cc1. The Labute approximate surface area is 126 Å². The molecule has 0 radical (unpaired) electrons. The van der Waals surface area contributed by atoms with Crippen LogP contribution < -0.4 is 10.1 Å². The second-order valence-electron chi connectivity index (χ2n) is 4.40. The third kappa shape index (κ3) is 4.58. The number of rotatable bonds is 6. The summed E-state index contributed by atoms with van der Waals surface area (Å²) in [4.78, 5) is 0. The van der Waals surface area contributed by atoms with Crippen LogP contribution in [0.2, 0.25) is 5.02 Å². The molecule has 21 heavy (non-hydrogen) atoms. The Bertz CT molecular complexity index is 593. The maximum Gasteiger partial charge on any atom is 0.164 e. The van der Waals surface area contributed by atoms with E-state index in [1.165, 1.54) is 36.4 Å². The largest absolute Gasteiger partial charge is 0.491 e. The van der Waals surface area contributed by atoms with E-state index in [0.29, 0.717) is 5.75 Å². The van der Waals surface area contributed by atoms with Gasteiger partial charge in [0.2, 0.25) is 0 Å². The van der Waals surface area contributed by atoms with Gasteiger partial charge in [-0.25, -0.2) is 8.78 Å². The van der Waals surface area contributed by atoms with Crippen molar-refractivity contribution in [3.8, 4) is 5.75 Å². The van der Waals surface area contributed by atoms with Crippen molar-refractivity contribution in [1.82, 2.24) is 0 Å². The van der Waals surface area contributed by atoms with Gasteiger partial charge in [0.25, 0.3) is 0 Å². The zero-order chi connectivity index (χ0) is 15.2. The number of benzene rings is 2. The van der Waals surface area contributed by atoms with Gasteiger partial charge >= 0.3 is 0 Å². The van der Waals surface area contributed by atoms with Crippen LogP contribution in [0.3, 0.4) is 0 Å². The fourth-order valence-corrected chi connectivity index (χ4v) is 1.82.